The number of hydrogen-bond acceptors (Lipinski definition) is 2. The van der Waals surface area contributed by atoms with E-state index >= 15 is 0 Å². The van der Waals surface area contributed by atoms with Gasteiger partial charge in [-0.25, -0.2) is 0 Å². The van der Waals surface area contributed by atoms with Crippen molar-refractivity contribution in [2.24, 2.45) is 0 Å². The zero-order valence-corrected chi connectivity index (χ0v) is 10.7. The minimum Gasteiger partial charge on any atom is -0.381 e. The van der Waals surface area contributed by atoms with Crippen LogP contribution in [0.5, 0.6) is 0 Å². The predicted molar refractivity (Wildman–Crippen MR) is 66.7 cm³/mol. The van der Waals surface area contributed by atoms with Crippen molar-refractivity contribution in [3.8, 4) is 0 Å². The summed E-state index contributed by atoms with van der Waals surface area (Å²) in [4.78, 5) is 13.6. The van der Waals surface area contributed by atoms with Gasteiger partial charge in [0.2, 0.25) is 0 Å². The lowest BCUT2D eigenvalue weighted by Gasteiger charge is -2.26. The second-order valence-corrected chi connectivity index (χ2v) is 4.42. The first kappa shape index (κ1) is 12.8. The molecule has 0 saturated heterocycles. The summed E-state index contributed by atoms with van der Waals surface area (Å²) >= 11 is 0. The van der Waals surface area contributed by atoms with Crippen LogP contribution in [-0.2, 0) is 4.79 Å². The number of carbonyl (C=O) groups excluding carboxylic acids is 1. The van der Waals surface area contributed by atoms with Gasteiger partial charge in [0.05, 0.1) is 11.4 Å². The van der Waals surface area contributed by atoms with E-state index in [1.807, 2.05) is 6.92 Å². The Balaban J connectivity index is 2.74. The van der Waals surface area contributed by atoms with Crippen LogP contribution in [0.1, 0.15) is 40.5 Å². The molecular formula is C13H22N2O. The molecule has 16 heavy (non-hydrogen) atoms. The van der Waals surface area contributed by atoms with Crippen LogP contribution >= 0.6 is 0 Å². The Morgan fingerprint density at radius 1 is 1.38 bits per heavy atom. The van der Waals surface area contributed by atoms with E-state index in [1.54, 1.807) is 11.0 Å². The molecule has 0 aromatic heterocycles. The Morgan fingerprint density at radius 3 is 2.50 bits per heavy atom. The van der Waals surface area contributed by atoms with Crippen LogP contribution in [0.2, 0.25) is 0 Å². The quantitative estimate of drug-likeness (QED) is 0.774. The molecule has 2 atom stereocenters. The summed E-state index contributed by atoms with van der Waals surface area (Å²) in [7, 11) is 0. The molecule has 1 heterocycles. The number of carbonyl (C=O) groups is 1. The van der Waals surface area contributed by atoms with Crippen LogP contribution in [0.3, 0.4) is 0 Å². The van der Waals surface area contributed by atoms with Gasteiger partial charge in [0.15, 0.2) is 0 Å². The van der Waals surface area contributed by atoms with Gasteiger partial charge in [-0.2, -0.15) is 0 Å². The maximum atomic E-state index is 11.8. The smallest absolute Gasteiger partial charge is 0.253 e. The molecule has 1 amide bonds. The van der Waals surface area contributed by atoms with Gasteiger partial charge in [0.25, 0.3) is 5.91 Å². The lowest BCUT2D eigenvalue weighted by molar-refractivity contribution is -0.124. The number of amides is 1. The van der Waals surface area contributed by atoms with Gasteiger partial charge < -0.3 is 10.2 Å². The summed E-state index contributed by atoms with van der Waals surface area (Å²) in [5, 5.41) is 3.32. The van der Waals surface area contributed by atoms with E-state index in [0.717, 1.165) is 24.2 Å². The highest BCUT2D eigenvalue weighted by Crippen LogP contribution is 2.24. The van der Waals surface area contributed by atoms with Crippen LogP contribution in [0, 0.1) is 0 Å². The van der Waals surface area contributed by atoms with Crippen molar-refractivity contribution in [2.45, 2.75) is 52.6 Å². The van der Waals surface area contributed by atoms with Crippen molar-refractivity contribution in [1.29, 1.82) is 0 Å². The maximum absolute atomic E-state index is 11.8. The summed E-state index contributed by atoms with van der Waals surface area (Å²) in [6, 6.07) is 0.583. The fraction of sp³-hybridized carbons (Fsp3) is 0.615. The first-order chi connectivity index (χ1) is 7.51. The topological polar surface area (TPSA) is 32.3 Å². The van der Waals surface area contributed by atoms with Crippen LogP contribution in [-0.4, -0.2) is 22.9 Å². The molecule has 3 heteroatoms. The second-order valence-electron chi connectivity index (χ2n) is 4.42. The van der Waals surface area contributed by atoms with E-state index in [9.17, 15) is 4.79 Å². The Hall–Kier alpha value is -1.25. The molecular weight excluding hydrogens is 200 g/mol. The predicted octanol–water partition coefficient (Wildman–Crippen LogP) is 2.41. The Bertz CT molecular complexity index is 320. The highest BCUT2D eigenvalue weighted by atomic mass is 16.2. The van der Waals surface area contributed by atoms with Crippen LogP contribution in [0.15, 0.2) is 24.0 Å². The maximum Gasteiger partial charge on any atom is 0.253 e. The van der Waals surface area contributed by atoms with E-state index in [4.69, 9.17) is 0 Å². The number of hydrogen-bond donors (Lipinski definition) is 1. The number of rotatable bonds is 5. The highest BCUT2D eigenvalue weighted by Gasteiger charge is 2.29. The highest BCUT2D eigenvalue weighted by molar-refractivity contribution is 5.94. The first-order valence-corrected chi connectivity index (χ1v) is 6.01. The summed E-state index contributed by atoms with van der Waals surface area (Å²) in [5.41, 5.74) is 1.68. The number of nitrogens with zero attached hydrogens (tertiary/aromatic N) is 1. The van der Waals surface area contributed by atoms with Gasteiger partial charge in [-0.1, -0.05) is 20.4 Å². The molecule has 1 rings (SSSR count). The molecule has 0 aliphatic carbocycles. The molecule has 1 aliphatic heterocycles. The van der Waals surface area contributed by atoms with E-state index in [-0.39, 0.29) is 11.9 Å². The lowest BCUT2D eigenvalue weighted by Crippen LogP contribution is -2.34. The molecule has 0 spiro atoms. The van der Waals surface area contributed by atoms with E-state index in [0.29, 0.717) is 6.04 Å². The van der Waals surface area contributed by atoms with Gasteiger partial charge in [-0.15, -0.1) is 0 Å². The van der Waals surface area contributed by atoms with Gasteiger partial charge in [-0.05, 0) is 26.7 Å². The third kappa shape index (κ3) is 2.46. The van der Waals surface area contributed by atoms with Crippen molar-refractivity contribution >= 4 is 5.91 Å². The van der Waals surface area contributed by atoms with E-state index in [2.05, 4.69) is 32.7 Å². The third-order valence-electron chi connectivity index (χ3n) is 3.15. The van der Waals surface area contributed by atoms with Gasteiger partial charge in [0.1, 0.15) is 0 Å². The van der Waals surface area contributed by atoms with Gasteiger partial charge >= 0.3 is 0 Å². The zero-order chi connectivity index (χ0) is 12.3. The fourth-order valence-electron chi connectivity index (χ4n) is 1.70. The fourth-order valence-corrected chi connectivity index (χ4v) is 1.70. The SMILES string of the molecule is C=C1C(N[C@H](C)CC)=CC(=O)N1[C@H](C)CC. The Labute approximate surface area is 98.2 Å². The molecule has 0 aromatic carbocycles. The summed E-state index contributed by atoms with van der Waals surface area (Å²) < 4.78 is 0. The molecule has 1 aliphatic rings. The molecule has 90 valence electrons. The third-order valence-corrected chi connectivity index (χ3v) is 3.15. The Kier molecular flexibility index (Phi) is 4.16. The van der Waals surface area contributed by atoms with Crippen molar-refractivity contribution in [1.82, 2.24) is 10.2 Å². The summed E-state index contributed by atoms with van der Waals surface area (Å²) in [6.07, 6.45) is 3.62. The summed E-state index contributed by atoms with van der Waals surface area (Å²) in [5.74, 6) is 0.0464. The van der Waals surface area contributed by atoms with Crippen molar-refractivity contribution < 1.29 is 4.79 Å². The van der Waals surface area contributed by atoms with Crippen LogP contribution in [0.25, 0.3) is 0 Å². The molecule has 0 bridgehead atoms. The van der Waals surface area contributed by atoms with Crippen LogP contribution in [0.4, 0.5) is 0 Å². The van der Waals surface area contributed by atoms with Gasteiger partial charge in [0, 0.05) is 18.2 Å². The van der Waals surface area contributed by atoms with Crippen molar-refractivity contribution in [3.05, 3.63) is 24.0 Å². The monoisotopic (exact) mass is 222 g/mol. The van der Waals surface area contributed by atoms with Crippen molar-refractivity contribution in [2.75, 3.05) is 0 Å². The average Bonchev–Trinajstić information content (AvgIpc) is 2.53. The normalized spacial score (nSPS) is 19.8. The standard InChI is InChI=1S/C13H22N2O/c1-6-9(3)14-12-8-13(16)15(11(12)5)10(4)7-2/h8-10,14H,5-7H2,1-4H3/t9-,10-/m1/s1. The molecule has 0 fully saturated rings. The average molecular weight is 222 g/mol. The largest absolute Gasteiger partial charge is 0.381 e. The molecule has 3 nitrogen and oxygen atoms in total. The van der Waals surface area contributed by atoms with E-state index < -0.39 is 0 Å². The summed E-state index contributed by atoms with van der Waals surface area (Å²) in [6.45, 7) is 12.3. The lowest BCUT2D eigenvalue weighted by atomic mass is 10.2. The molecule has 0 unspecified atom stereocenters. The molecule has 0 saturated carbocycles. The van der Waals surface area contributed by atoms with Crippen molar-refractivity contribution in [3.63, 3.8) is 0 Å². The minimum atomic E-state index is 0.0464. The molecule has 0 aromatic rings. The zero-order valence-electron chi connectivity index (χ0n) is 10.7. The Morgan fingerprint density at radius 2 is 2.00 bits per heavy atom. The molecule has 0 radical (unpaired) electrons. The first-order valence-electron chi connectivity index (χ1n) is 6.01. The molecule has 1 N–H and O–H groups in total. The second kappa shape index (κ2) is 5.19. The van der Waals surface area contributed by atoms with Crippen LogP contribution < -0.4 is 5.32 Å². The van der Waals surface area contributed by atoms with E-state index in [1.165, 1.54) is 0 Å². The number of nitrogens with one attached hydrogen (secondary N) is 1. The van der Waals surface area contributed by atoms with Gasteiger partial charge in [-0.3, -0.25) is 4.79 Å². The minimum absolute atomic E-state index is 0.0464.